The average Bonchev–Trinajstić information content (AvgIpc) is 2.40. The van der Waals surface area contributed by atoms with E-state index in [0.717, 1.165) is 27.3 Å². The molecule has 18 heavy (non-hydrogen) atoms. The zero-order valence-electron chi connectivity index (χ0n) is 10.2. The topological polar surface area (TPSA) is 20.2 Å². The van der Waals surface area contributed by atoms with E-state index in [1.165, 1.54) is 0 Å². The molecule has 1 nitrogen and oxygen atoms in total. The third-order valence-electron chi connectivity index (χ3n) is 2.92. The lowest BCUT2D eigenvalue weighted by molar-refractivity contribution is 0.343. The van der Waals surface area contributed by atoms with Gasteiger partial charge in [0, 0.05) is 5.02 Å². The van der Waals surface area contributed by atoms with E-state index in [-0.39, 0.29) is 6.61 Å². The summed E-state index contributed by atoms with van der Waals surface area (Å²) in [5.74, 6) is 0. The second-order valence-corrected chi connectivity index (χ2v) is 4.59. The van der Waals surface area contributed by atoms with Crippen LogP contribution in [0.15, 0.2) is 54.6 Å². The Labute approximate surface area is 112 Å². The van der Waals surface area contributed by atoms with E-state index >= 15 is 0 Å². The first-order valence-corrected chi connectivity index (χ1v) is 6.22. The minimum absolute atomic E-state index is 0.0742. The molecule has 0 radical (unpaired) electrons. The molecule has 0 fully saturated rings. The van der Waals surface area contributed by atoms with Gasteiger partial charge in [-0.1, -0.05) is 54.1 Å². The normalized spacial score (nSPS) is 11.6. The van der Waals surface area contributed by atoms with Crippen molar-refractivity contribution < 1.29 is 5.11 Å². The van der Waals surface area contributed by atoms with Crippen molar-refractivity contribution in [1.82, 2.24) is 0 Å². The van der Waals surface area contributed by atoms with Crippen LogP contribution in [0.4, 0.5) is 0 Å². The van der Waals surface area contributed by atoms with Crippen molar-refractivity contribution in [3.05, 3.63) is 65.2 Å². The summed E-state index contributed by atoms with van der Waals surface area (Å²) in [7, 11) is 0. The Bertz CT molecular complexity index is 538. The Morgan fingerprint density at radius 1 is 1.00 bits per heavy atom. The van der Waals surface area contributed by atoms with Crippen molar-refractivity contribution in [2.45, 2.75) is 6.92 Å². The van der Waals surface area contributed by atoms with Crippen molar-refractivity contribution in [1.29, 1.82) is 0 Å². The van der Waals surface area contributed by atoms with Crippen LogP contribution in [-0.2, 0) is 0 Å². The predicted octanol–water partition coefficient (Wildman–Crippen LogP) is 4.40. The van der Waals surface area contributed by atoms with Gasteiger partial charge < -0.3 is 5.11 Å². The Hall–Kier alpha value is -1.57. The lowest BCUT2D eigenvalue weighted by Crippen LogP contribution is -1.83. The van der Waals surface area contributed by atoms with Crippen LogP contribution < -0.4 is 0 Å². The molecular weight excluding hydrogens is 244 g/mol. The fourth-order valence-electron chi connectivity index (χ4n) is 1.82. The quantitative estimate of drug-likeness (QED) is 0.865. The van der Waals surface area contributed by atoms with Crippen molar-refractivity contribution in [3.8, 4) is 11.1 Å². The average molecular weight is 259 g/mol. The van der Waals surface area contributed by atoms with Crippen LogP contribution in [0.5, 0.6) is 0 Å². The molecule has 0 amide bonds. The molecule has 2 heteroatoms. The summed E-state index contributed by atoms with van der Waals surface area (Å²) in [5.41, 5.74) is 4.52. The first-order valence-electron chi connectivity index (χ1n) is 5.84. The van der Waals surface area contributed by atoms with E-state index in [4.69, 9.17) is 16.7 Å². The number of halogens is 1. The zero-order chi connectivity index (χ0) is 13.0. The van der Waals surface area contributed by atoms with Gasteiger partial charge in [0.15, 0.2) is 0 Å². The van der Waals surface area contributed by atoms with E-state index in [2.05, 4.69) is 24.3 Å². The molecule has 2 aromatic carbocycles. The molecule has 0 aliphatic heterocycles. The fourth-order valence-corrected chi connectivity index (χ4v) is 1.95. The van der Waals surface area contributed by atoms with Gasteiger partial charge in [-0.15, -0.1) is 0 Å². The van der Waals surface area contributed by atoms with Crippen molar-refractivity contribution in [2.24, 2.45) is 0 Å². The number of allylic oxidation sites excluding steroid dienone is 1. The molecule has 2 aromatic rings. The van der Waals surface area contributed by atoms with Crippen LogP contribution in [-0.4, -0.2) is 11.7 Å². The van der Waals surface area contributed by atoms with E-state index in [0.29, 0.717) is 0 Å². The zero-order valence-corrected chi connectivity index (χ0v) is 11.0. The second kappa shape index (κ2) is 5.85. The monoisotopic (exact) mass is 258 g/mol. The molecular formula is C16H15ClO. The van der Waals surface area contributed by atoms with E-state index in [1.54, 1.807) is 6.08 Å². The van der Waals surface area contributed by atoms with Gasteiger partial charge in [0.25, 0.3) is 0 Å². The third kappa shape index (κ3) is 3.00. The standard InChI is InChI=1S/C16H15ClO/c1-12(10-11-18)13-2-4-14(5-3-13)15-6-8-16(17)9-7-15/h2-10,18H,11H2,1H3. The van der Waals surface area contributed by atoms with Crippen LogP contribution in [0.25, 0.3) is 16.7 Å². The molecule has 0 aromatic heterocycles. The maximum Gasteiger partial charge on any atom is 0.0618 e. The third-order valence-corrected chi connectivity index (χ3v) is 3.17. The Morgan fingerprint density at radius 3 is 2.00 bits per heavy atom. The van der Waals surface area contributed by atoms with Crippen molar-refractivity contribution >= 4 is 17.2 Å². The summed E-state index contributed by atoms with van der Waals surface area (Å²) in [6.07, 6.45) is 1.80. The van der Waals surface area contributed by atoms with E-state index in [9.17, 15) is 0 Å². The smallest absolute Gasteiger partial charge is 0.0618 e. The van der Waals surface area contributed by atoms with Crippen LogP contribution in [0.3, 0.4) is 0 Å². The Balaban J connectivity index is 2.27. The highest BCUT2D eigenvalue weighted by Crippen LogP contribution is 2.23. The molecule has 0 bridgehead atoms. The molecule has 0 saturated heterocycles. The summed E-state index contributed by atoms with van der Waals surface area (Å²) in [6.45, 7) is 2.07. The number of hydrogen-bond acceptors (Lipinski definition) is 1. The number of hydrogen-bond donors (Lipinski definition) is 1. The van der Waals surface area contributed by atoms with Gasteiger partial charge in [-0.3, -0.25) is 0 Å². The first-order chi connectivity index (χ1) is 8.70. The highest BCUT2D eigenvalue weighted by Gasteiger charge is 1.99. The Kier molecular flexibility index (Phi) is 4.19. The molecule has 2 rings (SSSR count). The Morgan fingerprint density at radius 2 is 1.50 bits per heavy atom. The molecule has 0 saturated carbocycles. The number of benzene rings is 2. The minimum Gasteiger partial charge on any atom is -0.392 e. The summed E-state index contributed by atoms with van der Waals surface area (Å²) >= 11 is 5.87. The summed E-state index contributed by atoms with van der Waals surface area (Å²) in [6, 6.07) is 16.1. The molecule has 0 unspecified atom stereocenters. The second-order valence-electron chi connectivity index (χ2n) is 4.15. The maximum atomic E-state index is 8.87. The van der Waals surface area contributed by atoms with Gasteiger partial charge in [-0.25, -0.2) is 0 Å². The number of aliphatic hydroxyl groups excluding tert-OH is 1. The number of rotatable bonds is 3. The van der Waals surface area contributed by atoms with Gasteiger partial charge in [0.1, 0.15) is 0 Å². The fraction of sp³-hybridized carbons (Fsp3) is 0.125. The molecule has 0 aliphatic rings. The maximum absolute atomic E-state index is 8.87. The first kappa shape index (κ1) is 12.9. The lowest BCUT2D eigenvalue weighted by atomic mass is 10.0. The van der Waals surface area contributed by atoms with Gasteiger partial charge in [0.05, 0.1) is 6.61 Å². The lowest BCUT2D eigenvalue weighted by Gasteiger charge is -2.05. The van der Waals surface area contributed by atoms with Crippen LogP contribution in [0.1, 0.15) is 12.5 Å². The minimum atomic E-state index is 0.0742. The molecule has 0 heterocycles. The highest BCUT2D eigenvalue weighted by molar-refractivity contribution is 6.30. The van der Waals surface area contributed by atoms with Gasteiger partial charge in [-0.05, 0) is 41.3 Å². The van der Waals surface area contributed by atoms with Gasteiger partial charge in [0.2, 0.25) is 0 Å². The summed E-state index contributed by atoms with van der Waals surface area (Å²) < 4.78 is 0. The van der Waals surface area contributed by atoms with E-state index < -0.39 is 0 Å². The number of aliphatic hydroxyl groups is 1. The van der Waals surface area contributed by atoms with Crippen LogP contribution in [0, 0.1) is 0 Å². The van der Waals surface area contributed by atoms with Gasteiger partial charge in [-0.2, -0.15) is 0 Å². The molecule has 0 spiro atoms. The van der Waals surface area contributed by atoms with Gasteiger partial charge >= 0.3 is 0 Å². The summed E-state index contributed by atoms with van der Waals surface area (Å²) in [5, 5.41) is 9.61. The SMILES string of the molecule is CC(=CCO)c1ccc(-c2ccc(Cl)cc2)cc1. The van der Waals surface area contributed by atoms with E-state index in [1.807, 2.05) is 31.2 Å². The van der Waals surface area contributed by atoms with Crippen LogP contribution in [0.2, 0.25) is 5.02 Å². The molecule has 1 N–H and O–H groups in total. The van der Waals surface area contributed by atoms with Crippen molar-refractivity contribution in [3.63, 3.8) is 0 Å². The summed E-state index contributed by atoms with van der Waals surface area (Å²) in [4.78, 5) is 0. The largest absolute Gasteiger partial charge is 0.392 e. The highest BCUT2D eigenvalue weighted by atomic mass is 35.5. The van der Waals surface area contributed by atoms with Crippen molar-refractivity contribution in [2.75, 3.05) is 6.61 Å². The molecule has 92 valence electrons. The molecule has 0 atom stereocenters. The predicted molar refractivity (Wildman–Crippen MR) is 77.6 cm³/mol. The van der Waals surface area contributed by atoms with Crippen LogP contribution >= 0.6 is 11.6 Å². The molecule has 0 aliphatic carbocycles.